The summed E-state index contributed by atoms with van der Waals surface area (Å²) in [7, 11) is 2.07. The lowest BCUT2D eigenvalue weighted by atomic mass is 10.0. The molecule has 0 fully saturated rings. The fraction of sp³-hybridized carbons (Fsp3) is 0.533. The van der Waals surface area contributed by atoms with Crippen molar-refractivity contribution in [1.29, 1.82) is 0 Å². The summed E-state index contributed by atoms with van der Waals surface area (Å²) < 4.78 is 0. The zero-order valence-electron chi connectivity index (χ0n) is 12.0. The number of amides is 1. The van der Waals surface area contributed by atoms with E-state index in [2.05, 4.69) is 24.1 Å². The van der Waals surface area contributed by atoms with E-state index in [1.807, 2.05) is 30.9 Å². The second kappa shape index (κ2) is 5.61. The average Bonchev–Trinajstić information content (AvgIpc) is 2.57. The molecule has 0 bridgehead atoms. The Morgan fingerprint density at radius 1 is 1.26 bits per heavy atom. The van der Waals surface area contributed by atoms with E-state index in [-0.39, 0.29) is 17.9 Å². The van der Waals surface area contributed by atoms with Crippen LogP contribution < -0.4 is 10.6 Å². The fourth-order valence-electron chi connectivity index (χ4n) is 2.39. The molecule has 1 amide bonds. The zero-order chi connectivity index (χ0) is 14.0. The van der Waals surface area contributed by atoms with E-state index in [0.29, 0.717) is 6.54 Å². The normalized spacial score (nSPS) is 18.5. The van der Waals surface area contributed by atoms with Gasteiger partial charge in [-0.3, -0.25) is 4.79 Å². The molecule has 1 aliphatic rings. The molecule has 0 saturated carbocycles. The van der Waals surface area contributed by atoms with E-state index < -0.39 is 0 Å². The van der Waals surface area contributed by atoms with Crippen molar-refractivity contribution < 1.29 is 4.79 Å². The Hall–Kier alpha value is -1.55. The lowest BCUT2D eigenvalue weighted by Gasteiger charge is -2.26. The predicted molar refractivity (Wildman–Crippen MR) is 77.9 cm³/mol. The van der Waals surface area contributed by atoms with Gasteiger partial charge in [-0.15, -0.1) is 0 Å². The second-order valence-electron chi connectivity index (χ2n) is 5.46. The molecule has 0 saturated heterocycles. The molecule has 2 rings (SSSR count). The van der Waals surface area contributed by atoms with E-state index >= 15 is 0 Å². The van der Waals surface area contributed by atoms with Gasteiger partial charge >= 0.3 is 0 Å². The van der Waals surface area contributed by atoms with Gasteiger partial charge < -0.3 is 15.5 Å². The number of rotatable bonds is 2. The first-order chi connectivity index (χ1) is 9.00. The minimum absolute atomic E-state index is 0.108. The molecule has 1 heterocycles. The molecule has 2 N–H and O–H groups in total. The summed E-state index contributed by atoms with van der Waals surface area (Å²) in [5.74, 6) is 0.0238. The fourth-order valence-corrected chi connectivity index (χ4v) is 2.39. The molecule has 2 atom stereocenters. The van der Waals surface area contributed by atoms with E-state index in [9.17, 15) is 4.79 Å². The van der Waals surface area contributed by atoms with Crippen molar-refractivity contribution >= 4 is 11.6 Å². The number of carbonyl (C=O) groups is 1. The summed E-state index contributed by atoms with van der Waals surface area (Å²) in [6, 6.07) is 8.16. The summed E-state index contributed by atoms with van der Waals surface area (Å²) >= 11 is 0. The highest BCUT2D eigenvalue weighted by Gasteiger charge is 2.26. The van der Waals surface area contributed by atoms with Gasteiger partial charge in [0.1, 0.15) is 0 Å². The maximum Gasteiger partial charge on any atom is 0.227 e. The molecule has 1 aromatic carbocycles. The van der Waals surface area contributed by atoms with Gasteiger partial charge in [0.05, 0.1) is 5.92 Å². The molecule has 2 unspecified atom stereocenters. The summed E-state index contributed by atoms with van der Waals surface area (Å²) in [6.07, 6.45) is 0. The van der Waals surface area contributed by atoms with E-state index in [4.69, 9.17) is 5.73 Å². The standard InChI is InChI=1S/C15H23N3O/c1-11(12(2)16)15(19)18-9-8-17(3)14-7-5-4-6-13(14)10-18/h4-7,11-12H,8-10,16H2,1-3H3. The van der Waals surface area contributed by atoms with Crippen molar-refractivity contribution in [1.82, 2.24) is 4.90 Å². The Morgan fingerprint density at radius 3 is 2.63 bits per heavy atom. The molecule has 19 heavy (non-hydrogen) atoms. The third kappa shape index (κ3) is 2.89. The maximum absolute atomic E-state index is 12.4. The third-order valence-corrected chi connectivity index (χ3v) is 3.96. The molecule has 104 valence electrons. The second-order valence-corrected chi connectivity index (χ2v) is 5.46. The van der Waals surface area contributed by atoms with Crippen LogP contribution in [0.1, 0.15) is 19.4 Å². The van der Waals surface area contributed by atoms with Crippen LogP contribution in [0, 0.1) is 5.92 Å². The smallest absolute Gasteiger partial charge is 0.227 e. The average molecular weight is 261 g/mol. The van der Waals surface area contributed by atoms with Gasteiger partial charge in [0.25, 0.3) is 0 Å². The minimum Gasteiger partial charge on any atom is -0.373 e. The highest BCUT2D eigenvalue weighted by atomic mass is 16.2. The third-order valence-electron chi connectivity index (χ3n) is 3.96. The molecule has 4 heteroatoms. The summed E-state index contributed by atoms with van der Waals surface area (Å²) in [4.78, 5) is 16.6. The van der Waals surface area contributed by atoms with Crippen molar-refractivity contribution in [2.45, 2.75) is 26.4 Å². The highest BCUT2D eigenvalue weighted by molar-refractivity contribution is 5.79. The maximum atomic E-state index is 12.4. The zero-order valence-corrected chi connectivity index (χ0v) is 12.0. The van der Waals surface area contributed by atoms with E-state index in [1.54, 1.807) is 0 Å². The van der Waals surface area contributed by atoms with Crippen LogP contribution in [-0.4, -0.2) is 37.0 Å². The van der Waals surface area contributed by atoms with Crippen LogP contribution in [0.2, 0.25) is 0 Å². The number of nitrogens with two attached hydrogens (primary N) is 1. The van der Waals surface area contributed by atoms with Crippen molar-refractivity contribution in [3.05, 3.63) is 29.8 Å². The number of carbonyl (C=O) groups excluding carboxylic acids is 1. The molecule has 0 spiro atoms. The Kier molecular flexibility index (Phi) is 4.10. The number of benzene rings is 1. The van der Waals surface area contributed by atoms with Crippen LogP contribution in [0.25, 0.3) is 0 Å². The van der Waals surface area contributed by atoms with Crippen LogP contribution in [0.15, 0.2) is 24.3 Å². The van der Waals surface area contributed by atoms with Crippen LogP contribution in [0.4, 0.5) is 5.69 Å². The number of para-hydroxylation sites is 1. The number of anilines is 1. The quantitative estimate of drug-likeness (QED) is 0.876. The first-order valence-electron chi connectivity index (χ1n) is 6.84. The van der Waals surface area contributed by atoms with Crippen molar-refractivity contribution in [3.63, 3.8) is 0 Å². The molecule has 0 aliphatic carbocycles. The minimum atomic E-state index is -0.129. The van der Waals surface area contributed by atoms with Crippen LogP contribution in [-0.2, 0) is 11.3 Å². The molecule has 1 aromatic rings. The van der Waals surface area contributed by atoms with Crippen molar-refractivity contribution in [2.24, 2.45) is 11.7 Å². The molecular formula is C15H23N3O. The van der Waals surface area contributed by atoms with Gasteiger partial charge in [0, 0.05) is 38.4 Å². The summed E-state index contributed by atoms with van der Waals surface area (Å²) in [5, 5.41) is 0. The van der Waals surface area contributed by atoms with Crippen molar-refractivity contribution in [2.75, 3.05) is 25.0 Å². The Morgan fingerprint density at radius 2 is 1.95 bits per heavy atom. The molecule has 4 nitrogen and oxygen atoms in total. The van der Waals surface area contributed by atoms with Crippen LogP contribution >= 0.6 is 0 Å². The Bertz CT molecular complexity index is 458. The number of likely N-dealkylation sites (N-methyl/N-ethyl adjacent to an activating group) is 1. The summed E-state index contributed by atoms with van der Waals surface area (Å²) in [5.41, 5.74) is 8.26. The van der Waals surface area contributed by atoms with Gasteiger partial charge in [-0.2, -0.15) is 0 Å². The lowest BCUT2D eigenvalue weighted by molar-refractivity contribution is -0.135. The van der Waals surface area contributed by atoms with Crippen LogP contribution in [0.5, 0.6) is 0 Å². The number of fused-ring (bicyclic) bond motifs is 1. The predicted octanol–water partition coefficient (Wildman–Crippen LogP) is 1.45. The van der Waals surface area contributed by atoms with Crippen molar-refractivity contribution in [3.8, 4) is 0 Å². The van der Waals surface area contributed by atoms with Gasteiger partial charge in [-0.05, 0) is 18.6 Å². The Labute approximate surface area is 115 Å². The van der Waals surface area contributed by atoms with Gasteiger partial charge in [0.2, 0.25) is 5.91 Å². The first-order valence-corrected chi connectivity index (χ1v) is 6.84. The molecular weight excluding hydrogens is 238 g/mol. The monoisotopic (exact) mass is 261 g/mol. The van der Waals surface area contributed by atoms with E-state index in [1.165, 1.54) is 11.3 Å². The SMILES string of the molecule is CC(N)C(C)C(=O)N1CCN(C)c2ccccc2C1. The van der Waals surface area contributed by atoms with Crippen LogP contribution in [0.3, 0.4) is 0 Å². The first kappa shape index (κ1) is 13.9. The Balaban J connectivity index is 2.21. The molecule has 0 radical (unpaired) electrons. The van der Waals surface area contributed by atoms with Gasteiger partial charge in [-0.1, -0.05) is 25.1 Å². The lowest BCUT2D eigenvalue weighted by Crippen LogP contribution is -2.42. The highest BCUT2D eigenvalue weighted by Crippen LogP contribution is 2.24. The number of hydrogen-bond acceptors (Lipinski definition) is 3. The largest absolute Gasteiger partial charge is 0.373 e. The molecule has 0 aromatic heterocycles. The molecule has 1 aliphatic heterocycles. The topological polar surface area (TPSA) is 49.6 Å². The van der Waals surface area contributed by atoms with Gasteiger partial charge in [0.15, 0.2) is 0 Å². The number of nitrogens with zero attached hydrogens (tertiary/aromatic N) is 2. The summed E-state index contributed by atoms with van der Waals surface area (Å²) in [6.45, 7) is 6.08. The van der Waals surface area contributed by atoms with E-state index in [0.717, 1.165) is 13.1 Å². The number of hydrogen-bond donors (Lipinski definition) is 1. The van der Waals surface area contributed by atoms with Gasteiger partial charge in [-0.25, -0.2) is 0 Å².